The Morgan fingerprint density at radius 3 is 2.52 bits per heavy atom. The Bertz CT molecular complexity index is 922. The summed E-state index contributed by atoms with van der Waals surface area (Å²) in [5.41, 5.74) is 0.806. The Hall–Kier alpha value is -2.77. The lowest BCUT2D eigenvalue weighted by Gasteiger charge is -2.35. The SMILES string of the molecule is CCOC(=O)C(OCC)(C(O)c1ccc(C)cc1)n1nnc2ccccc21. The van der Waals surface area contributed by atoms with Crippen LogP contribution in [0.1, 0.15) is 31.1 Å². The van der Waals surface area contributed by atoms with Gasteiger partial charge in [0.25, 0.3) is 5.72 Å². The minimum Gasteiger partial charge on any atom is -0.462 e. The van der Waals surface area contributed by atoms with Gasteiger partial charge in [-0.2, -0.15) is 4.68 Å². The summed E-state index contributed by atoms with van der Waals surface area (Å²) >= 11 is 0. The molecule has 3 rings (SSSR count). The minimum atomic E-state index is -1.89. The van der Waals surface area contributed by atoms with Crippen molar-refractivity contribution in [2.24, 2.45) is 0 Å². The Kier molecular flexibility index (Phi) is 5.53. The van der Waals surface area contributed by atoms with E-state index in [1.54, 1.807) is 38.1 Å². The average molecular weight is 369 g/mol. The topological polar surface area (TPSA) is 86.5 Å². The van der Waals surface area contributed by atoms with Crippen LogP contribution < -0.4 is 0 Å². The molecule has 2 aromatic carbocycles. The molecule has 0 saturated carbocycles. The predicted molar refractivity (Wildman–Crippen MR) is 99.9 cm³/mol. The standard InChI is InChI=1S/C20H23N3O4/c1-4-26-19(25)20(27-5-2,18(24)15-12-10-14(3)11-13-15)23-17-9-7-6-8-16(17)21-22-23/h6-13,18,24H,4-5H2,1-3H3. The maximum atomic E-state index is 13.1. The maximum Gasteiger partial charge on any atom is 0.365 e. The number of hydrogen-bond donors (Lipinski definition) is 1. The van der Waals surface area contributed by atoms with Crippen LogP contribution in [-0.2, 0) is 20.0 Å². The van der Waals surface area contributed by atoms with Crippen molar-refractivity contribution in [3.05, 3.63) is 59.7 Å². The summed E-state index contributed by atoms with van der Waals surface area (Å²) in [5, 5.41) is 19.5. The van der Waals surface area contributed by atoms with Gasteiger partial charge in [-0.05, 0) is 38.5 Å². The number of carbonyl (C=O) groups is 1. The van der Waals surface area contributed by atoms with Crippen molar-refractivity contribution in [1.29, 1.82) is 0 Å². The zero-order valence-corrected chi connectivity index (χ0v) is 15.6. The molecule has 0 radical (unpaired) electrons. The first kappa shape index (κ1) is 19.0. The molecule has 142 valence electrons. The maximum absolute atomic E-state index is 13.1. The molecule has 0 fully saturated rings. The minimum absolute atomic E-state index is 0.140. The number of carbonyl (C=O) groups excluding carboxylic acids is 1. The fourth-order valence-corrected chi connectivity index (χ4v) is 3.06. The molecule has 0 aliphatic heterocycles. The van der Waals surface area contributed by atoms with Gasteiger partial charge in [-0.25, -0.2) is 4.79 Å². The number of aryl methyl sites for hydroxylation is 1. The van der Waals surface area contributed by atoms with Gasteiger partial charge in [0.2, 0.25) is 0 Å². The highest BCUT2D eigenvalue weighted by atomic mass is 16.6. The van der Waals surface area contributed by atoms with Crippen molar-refractivity contribution in [2.75, 3.05) is 13.2 Å². The molecule has 2 atom stereocenters. The molecule has 0 amide bonds. The number of aromatic nitrogens is 3. The second-order valence-electron chi connectivity index (χ2n) is 6.15. The summed E-state index contributed by atoms with van der Waals surface area (Å²) in [5.74, 6) is -0.726. The fraction of sp³-hybridized carbons (Fsp3) is 0.350. The summed E-state index contributed by atoms with van der Waals surface area (Å²) in [4.78, 5) is 13.1. The first-order valence-corrected chi connectivity index (χ1v) is 8.91. The normalized spacial score (nSPS) is 14.7. The van der Waals surface area contributed by atoms with E-state index in [-0.39, 0.29) is 13.2 Å². The summed E-state index contributed by atoms with van der Waals surface area (Å²) in [6.45, 7) is 5.69. The number of aliphatic hydroxyl groups is 1. The van der Waals surface area contributed by atoms with Gasteiger partial charge < -0.3 is 14.6 Å². The quantitative estimate of drug-likeness (QED) is 0.645. The molecule has 3 aromatic rings. The molecule has 0 aliphatic carbocycles. The van der Waals surface area contributed by atoms with Crippen LogP contribution in [0.4, 0.5) is 0 Å². The van der Waals surface area contributed by atoms with Gasteiger partial charge in [0.05, 0.1) is 12.1 Å². The van der Waals surface area contributed by atoms with E-state index in [9.17, 15) is 9.90 Å². The molecule has 0 bridgehead atoms. The first-order valence-electron chi connectivity index (χ1n) is 8.91. The van der Waals surface area contributed by atoms with Crippen molar-refractivity contribution < 1.29 is 19.4 Å². The number of nitrogens with zero attached hydrogens (tertiary/aromatic N) is 3. The number of aliphatic hydroxyl groups excluding tert-OH is 1. The van der Waals surface area contributed by atoms with E-state index in [1.165, 1.54) is 4.68 Å². The number of benzene rings is 2. The lowest BCUT2D eigenvalue weighted by Crippen LogP contribution is -2.51. The van der Waals surface area contributed by atoms with Gasteiger partial charge in [-0.15, -0.1) is 5.10 Å². The first-order chi connectivity index (χ1) is 13.0. The van der Waals surface area contributed by atoms with Crippen molar-refractivity contribution in [3.8, 4) is 0 Å². The van der Waals surface area contributed by atoms with E-state index >= 15 is 0 Å². The second kappa shape index (κ2) is 7.85. The van der Waals surface area contributed by atoms with E-state index in [2.05, 4.69) is 10.3 Å². The molecular weight excluding hydrogens is 346 g/mol. The third-order valence-electron chi connectivity index (χ3n) is 4.36. The largest absolute Gasteiger partial charge is 0.462 e. The number of rotatable bonds is 7. The van der Waals surface area contributed by atoms with Crippen LogP contribution in [0.5, 0.6) is 0 Å². The Morgan fingerprint density at radius 2 is 1.85 bits per heavy atom. The van der Waals surface area contributed by atoms with Crippen molar-refractivity contribution >= 4 is 17.0 Å². The van der Waals surface area contributed by atoms with Gasteiger partial charge in [0.1, 0.15) is 11.6 Å². The van der Waals surface area contributed by atoms with E-state index in [0.29, 0.717) is 16.6 Å². The highest BCUT2D eigenvalue weighted by Crippen LogP contribution is 2.37. The number of esters is 1. The van der Waals surface area contributed by atoms with E-state index in [0.717, 1.165) is 5.56 Å². The fourth-order valence-electron chi connectivity index (χ4n) is 3.06. The Balaban J connectivity index is 2.24. The van der Waals surface area contributed by atoms with Crippen molar-refractivity contribution in [2.45, 2.75) is 32.6 Å². The highest BCUT2D eigenvalue weighted by Gasteiger charge is 2.52. The third kappa shape index (κ3) is 3.31. The summed E-state index contributed by atoms with van der Waals surface area (Å²) in [6.07, 6.45) is -1.35. The van der Waals surface area contributed by atoms with E-state index in [1.807, 2.05) is 31.2 Å². The molecule has 7 heteroatoms. The number of fused-ring (bicyclic) bond motifs is 1. The van der Waals surface area contributed by atoms with E-state index in [4.69, 9.17) is 9.47 Å². The Labute approximate surface area is 157 Å². The third-order valence-corrected chi connectivity index (χ3v) is 4.36. The second-order valence-corrected chi connectivity index (χ2v) is 6.15. The molecule has 1 aromatic heterocycles. The van der Waals surface area contributed by atoms with Crippen molar-refractivity contribution in [1.82, 2.24) is 15.0 Å². The molecule has 7 nitrogen and oxygen atoms in total. The van der Waals surface area contributed by atoms with Gasteiger partial charge in [0.15, 0.2) is 0 Å². The molecule has 0 aliphatic rings. The Morgan fingerprint density at radius 1 is 1.15 bits per heavy atom. The molecule has 0 spiro atoms. The lowest BCUT2D eigenvalue weighted by molar-refractivity contribution is -0.217. The van der Waals surface area contributed by atoms with Crippen molar-refractivity contribution in [3.63, 3.8) is 0 Å². The van der Waals surface area contributed by atoms with Gasteiger partial charge in [-0.3, -0.25) is 0 Å². The molecule has 1 N–H and O–H groups in total. The lowest BCUT2D eigenvalue weighted by atomic mass is 9.97. The molecule has 2 unspecified atom stereocenters. The summed E-state index contributed by atoms with van der Waals surface area (Å²) < 4.78 is 12.5. The van der Waals surface area contributed by atoms with Crippen LogP contribution in [0.3, 0.4) is 0 Å². The molecule has 1 heterocycles. The molecule has 27 heavy (non-hydrogen) atoms. The number of para-hydroxylation sites is 1. The van der Waals surface area contributed by atoms with Crippen LogP contribution in [0.25, 0.3) is 11.0 Å². The van der Waals surface area contributed by atoms with Gasteiger partial charge in [-0.1, -0.05) is 47.2 Å². The zero-order chi connectivity index (χ0) is 19.4. The monoisotopic (exact) mass is 369 g/mol. The van der Waals surface area contributed by atoms with Crippen LogP contribution >= 0.6 is 0 Å². The predicted octanol–water partition coefficient (Wildman–Crippen LogP) is 2.73. The summed E-state index contributed by atoms with van der Waals surface area (Å²) in [6, 6.07) is 14.4. The smallest absolute Gasteiger partial charge is 0.365 e. The van der Waals surface area contributed by atoms with E-state index < -0.39 is 17.8 Å². The average Bonchev–Trinajstić information content (AvgIpc) is 3.11. The van der Waals surface area contributed by atoms with Crippen LogP contribution in [0.2, 0.25) is 0 Å². The number of ether oxygens (including phenoxy) is 2. The van der Waals surface area contributed by atoms with Crippen LogP contribution in [0, 0.1) is 6.92 Å². The van der Waals surface area contributed by atoms with Crippen LogP contribution in [0.15, 0.2) is 48.5 Å². The van der Waals surface area contributed by atoms with Gasteiger partial charge in [0, 0.05) is 6.61 Å². The van der Waals surface area contributed by atoms with Crippen LogP contribution in [-0.4, -0.2) is 39.3 Å². The van der Waals surface area contributed by atoms with Gasteiger partial charge >= 0.3 is 5.97 Å². The number of hydrogen-bond acceptors (Lipinski definition) is 6. The zero-order valence-electron chi connectivity index (χ0n) is 15.6. The molecular formula is C20H23N3O4. The highest BCUT2D eigenvalue weighted by molar-refractivity contribution is 5.82. The summed E-state index contributed by atoms with van der Waals surface area (Å²) in [7, 11) is 0. The molecule has 0 saturated heterocycles.